The number of anilines is 2. The molecule has 1 aromatic heterocycles. The highest BCUT2D eigenvalue weighted by molar-refractivity contribution is 5.71. The number of aromatic nitrogens is 2. The molecular weight excluding hydrogens is 296 g/mol. The minimum atomic E-state index is -1.27. The summed E-state index contributed by atoms with van der Waals surface area (Å²) in [4.78, 5) is 29.7. The van der Waals surface area contributed by atoms with Crippen LogP contribution in [0, 0.1) is 0 Å². The molecule has 4 atom stereocenters. The van der Waals surface area contributed by atoms with Crippen LogP contribution in [-0.4, -0.2) is 69.7 Å². The monoisotopic (exact) mass is 314 g/mol. The lowest BCUT2D eigenvalue weighted by atomic mass is 10.1. The van der Waals surface area contributed by atoms with Crippen LogP contribution in [0.3, 0.4) is 0 Å². The second-order valence-electron chi connectivity index (χ2n) is 5.53. The van der Waals surface area contributed by atoms with Crippen LogP contribution >= 0.6 is 0 Å². The number of hydrogen-bond acceptors (Lipinski definition) is 8. The minimum absolute atomic E-state index is 0.192. The van der Waals surface area contributed by atoms with Gasteiger partial charge in [0, 0.05) is 14.1 Å². The van der Waals surface area contributed by atoms with Crippen molar-refractivity contribution in [3.05, 3.63) is 20.8 Å². The zero-order valence-corrected chi connectivity index (χ0v) is 12.1. The summed E-state index contributed by atoms with van der Waals surface area (Å²) in [6.45, 7) is -0.255. The normalized spacial score (nSPS) is 31.0. The smallest absolute Gasteiger partial charge is 0.329 e. The molecule has 0 radical (unpaired) electrons. The van der Waals surface area contributed by atoms with Gasteiger partial charge in [-0.1, -0.05) is 0 Å². The molecule has 122 valence electrons. The summed E-state index contributed by atoms with van der Waals surface area (Å²) in [7, 11) is 3.03. The van der Waals surface area contributed by atoms with Crippen LogP contribution in [0.25, 0.3) is 0 Å². The second-order valence-corrected chi connectivity index (χ2v) is 5.53. The molecule has 0 spiro atoms. The number of hydrogen-bond donors (Lipinski definition) is 4. The summed E-state index contributed by atoms with van der Waals surface area (Å²) in [6, 6.07) is 0. The van der Waals surface area contributed by atoms with Gasteiger partial charge in [-0.25, -0.2) is 4.79 Å². The van der Waals surface area contributed by atoms with Crippen LogP contribution in [0.2, 0.25) is 0 Å². The van der Waals surface area contributed by atoms with Crippen LogP contribution in [0.4, 0.5) is 11.5 Å². The SMILES string of the molecule is CN1CN([C@@H]2O[C@H](CO)[C@@H](O)[C@H]2O)c2[nH]c(=O)n(C)c(=O)c21. The highest BCUT2D eigenvalue weighted by Crippen LogP contribution is 2.34. The average molecular weight is 314 g/mol. The van der Waals surface area contributed by atoms with Crippen LogP contribution in [0.5, 0.6) is 0 Å². The van der Waals surface area contributed by atoms with Gasteiger partial charge in [0.2, 0.25) is 0 Å². The van der Waals surface area contributed by atoms with E-state index in [1.807, 2.05) is 0 Å². The number of fused-ring (bicyclic) bond motifs is 1. The molecule has 4 N–H and O–H groups in total. The first kappa shape index (κ1) is 15.0. The lowest BCUT2D eigenvalue weighted by molar-refractivity contribution is -0.0222. The fourth-order valence-electron chi connectivity index (χ4n) is 2.86. The van der Waals surface area contributed by atoms with Gasteiger partial charge in [0.1, 0.15) is 29.8 Å². The predicted molar refractivity (Wildman–Crippen MR) is 75.8 cm³/mol. The van der Waals surface area contributed by atoms with E-state index in [4.69, 9.17) is 9.84 Å². The molecule has 0 bridgehead atoms. The van der Waals surface area contributed by atoms with E-state index < -0.39 is 42.4 Å². The van der Waals surface area contributed by atoms with E-state index in [-0.39, 0.29) is 18.2 Å². The molecule has 22 heavy (non-hydrogen) atoms. The van der Waals surface area contributed by atoms with Crippen molar-refractivity contribution in [3.63, 3.8) is 0 Å². The molecule has 2 aliphatic heterocycles. The molecule has 0 aliphatic carbocycles. The molecule has 3 heterocycles. The van der Waals surface area contributed by atoms with Gasteiger partial charge in [0.05, 0.1) is 13.3 Å². The number of aliphatic hydroxyl groups excluding tert-OH is 3. The van der Waals surface area contributed by atoms with Gasteiger partial charge in [-0.05, 0) is 0 Å². The first-order valence-corrected chi connectivity index (χ1v) is 6.80. The van der Waals surface area contributed by atoms with E-state index in [0.29, 0.717) is 0 Å². The third-order valence-corrected chi connectivity index (χ3v) is 4.12. The third-order valence-electron chi connectivity index (χ3n) is 4.12. The fourth-order valence-corrected chi connectivity index (χ4v) is 2.86. The number of nitrogens with zero attached hydrogens (tertiary/aromatic N) is 3. The zero-order valence-electron chi connectivity index (χ0n) is 12.1. The van der Waals surface area contributed by atoms with Crippen molar-refractivity contribution < 1.29 is 20.1 Å². The van der Waals surface area contributed by atoms with Crippen molar-refractivity contribution in [3.8, 4) is 0 Å². The topological polar surface area (TPSA) is 131 Å². The summed E-state index contributed by atoms with van der Waals surface area (Å²) in [5, 5.41) is 29.1. The molecule has 2 aliphatic rings. The van der Waals surface area contributed by atoms with E-state index in [1.54, 1.807) is 11.9 Å². The number of aromatic amines is 1. The molecule has 3 rings (SSSR count). The van der Waals surface area contributed by atoms with Gasteiger partial charge < -0.3 is 29.9 Å². The summed E-state index contributed by atoms with van der Waals surface area (Å²) < 4.78 is 6.41. The van der Waals surface area contributed by atoms with Crippen molar-refractivity contribution in [1.82, 2.24) is 9.55 Å². The maximum atomic E-state index is 12.2. The Balaban J connectivity index is 2.04. The lowest BCUT2D eigenvalue weighted by Gasteiger charge is -2.27. The predicted octanol–water partition coefficient (Wildman–Crippen LogP) is -3.27. The van der Waals surface area contributed by atoms with Gasteiger partial charge in [-0.2, -0.15) is 0 Å². The van der Waals surface area contributed by atoms with Gasteiger partial charge in [-0.15, -0.1) is 0 Å². The highest BCUT2D eigenvalue weighted by Gasteiger charge is 2.48. The number of ether oxygens (including phenoxy) is 1. The van der Waals surface area contributed by atoms with Gasteiger partial charge in [0.15, 0.2) is 6.23 Å². The van der Waals surface area contributed by atoms with Crippen LogP contribution in [-0.2, 0) is 11.8 Å². The summed E-state index contributed by atoms with van der Waals surface area (Å²) in [6.07, 6.45) is -4.42. The molecule has 1 saturated heterocycles. The Morgan fingerprint density at radius 1 is 1.27 bits per heavy atom. The molecule has 0 unspecified atom stereocenters. The number of nitrogens with one attached hydrogen (secondary N) is 1. The van der Waals surface area contributed by atoms with Crippen LogP contribution < -0.4 is 21.0 Å². The minimum Gasteiger partial charge on any atom is -0.394 e. The average Bonchev–Trinajstić information content (AvgIpc) is 2.95. The fraction of sp³-hybridized carbons (Fsp3) is 0.667. The largest absolute Gasteiger partial charge is 0.394 e. The summed E-state index contributed by atoms with van der Waals surface area (Å²) >= 11 is 0. The number of aliphatic hydroxyl groups is 3. The van der Waals surface area contributed by atoms with E-state index >= 15 is 0 Å². The molecule has 1 fully saturated rings. The standard InChI is InChI=1S/C12H18N4O6/c1-14-4-16(11-8(19)7(18)5(3-17)22-11)9-6(14)10(20)15(2)12(21)13-9/h5,7-8,11,17-19H,3-4H2,1-2H3,(H,13,21)/t5-,7-,8-,11-/m1/s1. The van der Waals surface area contributed by atoms with Gasteiger partial charge in [-0.3, -0.25) is 14.3 Å². The molecule has 1 aromatic rings. The summed E-state index contributed by atoms with van der Waals surface area (Å²) in [5.41, 5.74) is -0.772. The van der Waals surface area contributed by atoms with E-state index in [0.717, 1.165) is 4.57 Å². The quantitative estimate of drug-likeness (QED) is 0.447. The molecule has 10 nitrogen and oxygen atoms in total. The van der Waals surface area contributed by atoms with Crippen molar-refractivity contribution in [2.75, 3.05) is 30.1 Å². The Labute approximate surface area is 124 Å². The lowest BCUT2D eigenvalue weighted by Crippen LogP contribution is -2.46. The number of H-pyrrole nitrogens is 1. The Kier molecular flexibility index (Phi) is 3.48. The Morgan fingerprint density at radius 3 is 2.55 bits per heavy atom. The number of rotatable bonds is 2. The first-order valence-electron chi connectivity index (χ1n) is 6.80. The van der Waals surface area contributed by atoms with Gasteiger partial charge >= 0.3 is 5.69 Å². The molecule has 0 aromatic carbocycles. The van der Waals surface area contributed by atoms with E-state index in [9.17, 15) is 19.8 Å². The van der Waals surface area contributed by atoms with E-state index in [1.165, 1.54) is 11.9 Å². The summed E-state index contributed by atoms with van der Waals surface area (Å²) in [5.74, 6) is 0.227. The first-order chi connectivity index (χ1) is 10.4. The van der Waals surface area contributed by atoms with Crippen LogP contribution in [0.1, 0.15) is 0 Å². The van der Waals surface area contributed by atoms with Crippen molar-refractivity contribution >= 4 is 11.5 Å². The maximum Gasteiger partial charge on any atom is 0.329 e. The highest BCUT2D eigenvalue weighted by atomic mass is 16.6. The van der Waals surface area contributed by atoms with Crippen LogP contribution in [0.15, 0.2) is 9.59 Å². The maximum absolute atomic E-state index is 12.2. The van der Waals surface area contributed by atoms with Crippen molar-refractivity contribution in [1.29, 1.82) is 0 Å². The molecular formula is C12H18N4O6. The molecule has 0 amide bonds. The third kappa shape index (κ3) is 1.96. The van der Waals surface area contributed by atoms with E-state index in [2.05, 4.69) is 4.98 Å². The Hall–Kier alpha value is -1.88. The van der Waals surface area contributed by atoms with Gasteiger partial charge in [0.25, 0.3) is 5.56 Å². The van der Waals surface area contributed by atoms with Crippen molar-refractivity contribution in [2.24, 2.45) is 7.05 Å². The molecule has 10 heteroatoms. The molecule has 0 saturated carbocycles. The Bertz CT molecular complexity index is 700. The Morgan fingerprint density at radius 2 is 1.95 bits per heavy atom. The zero-order chi connectivity index (χ0) is 16.2. The van der Waals surface area contributed by atoms with Crippen molar-refractivity contribution in [2.45, 2.75) is 24.5 Å². The second kappa shape index (κ2) is 5.09.